The topological polar surface area (TPSA) is 114 Å². The van der Waals surface area contributed by atoms with Crippen molar-refractivity contribution in [1.82, 2.24) is 15.0 Å². The van der Waals surface area contributed by atoms with Gasteiger partial charge in [-0.2, -0.15) is 0 Å². The van der Waals surface area contributed by atoms with Gasteiger partial charge < -0.3 is 11.1 Å². The van der Waals surface area contributed by atoms with E-state index in [1.807, 2.05) is 0 Å². The highest BCUT2D eigenvalue weighted by Gasteiger charge is 2.05. The molecule has 2 heterocycles. The Bertz CT molecular complexity index is 887. The highest BCUT2D eigenvalue weighted by atomic mass is 16.1. The molecule has 0 aliphatic heterocycles. The Labute approximate surface area is 125 Å². The lowest BCUT2D eigenvalue weighted by molar-refractivity contribution is 0.112. The summed E-state index contributed by atoms with van der Waals surface area (Å²) in [5, 5.41) is 3.17. The Balaban J connectivity index is 1.81. The summed E-state index contributed by atoms with van der Waals surface area (Å²) in [7, 11) is 0. The van der Waals surface area contributed by atoms with Crippen LogP contribution in [-0.4, -0.2) is 21.2 Å². The number of nitrogens with zero attached hydrogens (tertiary/aromatic N) is 2. The van der Waals surface area contributed by atoms with Crippen LogP contribution in [0.3, 0.4) is 0 Å². The Morgan fingerprint density at radius 2 is 1.91 bits per heavy atom. The molecular weight excluding hydrogens is 282 g/mol. The van der Waals surface area contributed by atoms with Crippen molar-refractivity contribution in [1.29, 1.82) is 0 Å². The summed E-state index contributed by atoms with van der Waals surface area (Å²) < 4.78 is 0. The van der Waals surface area contributed by atoms with Crippen LogP contribution in [0.15, 0.2) is 41.2 Å². The number of fused-ring (bicyclic) bond motifs is 1. The number of nitrogens with two attached hydrogens (primary N) is 1. The fraction of sp³-hybridized carbons (Fsp3) is 0.0667. The summed E-state index contributed by atoms with van der Waals surface area (Å²) in [5.41, 5.74) is 8.01. The van der Waals surface area contributed by atoms with E-state index in [1.54, 1.807) is 36.4 Å². The first-order chi connectivity index (χ1) is 10.7. The molecule has 0 fully saturated rings. The number of H-pyrrole nitrogens is 1. The molecule has 2 aromatic heterocycles. The molecule has 22 heavy (non-hydrogen) atoms. The molecule has 0 bridgehead atoms. The molecule has 0 amide bonds. The summed E-state index contributed by atoms with van der Waals surface area (Å²) in [6.07, 6.45) is 0.791. The number of hydrogen-bond acceptors (Lipinski definition) is 6. The molecule has 7 nitrogen and oxygen atoms in total. The number of hydrogen-bond donors (Lipinski definition) is 3. The normalized spacial score (nSPS) is 10.5. The van der Waals surface area contributed by atoms with Gasteiger partial charge in [-0.3, -0.25) is 14.6 Å². The first-order valence-electron chi connectivity index (χ1n) is 6.60. The largest absolute Gasteiger partial charge is 0.379 e. The number of nitrogen functional groups attached to an aromatic ring is 1. The number of aromatic nitrogens is 3. The minimum atomic E-state index is -0.361. The van der Waals surface area contributed by atoms with Gasteiger partial charge in [0.2, 0.25) is 5.95 Å². The van der Waals surface area contributed by atoms with Crippen LogP contribution in [-0.2, 0) is 6.54 Å². The van der Waals surface area contributed by atoms with Gasteiger partial charge in [-0.25, -0.2) is 9.97 Å². The van der Waals surface area contributed by atoms with Gasteiger partial charge in [-0.15, -0.1) is 0 Å². The summed E-state index contributed by atoms with van der Waals surface area (Å²) in [5.74, 6) is 0.0699. The summed E-state index contributed by atoms with van der Waals surface area (Å²) in [6.45, 7) is 0.445. The third-order valence-electron chi connectivity index (χ3n) is 3.15. The van der Waals surface area contributed by atoms with E-state index in [2.05, 4.69) is 20.3 Å². The first kappa shape index (κ1) is 13.7. The van der Waals surface area contributed by atoms with Gasteiger partial charge in [-0.1, -0.05) is 0 Å². The van der Waals surface area contributed by atoms with Crippen LogP contribution >= 0.6 is 0 Å². The maximum Gasteiger partial charge on any atom is 0.278 e. The van der Waals surface area contributed by atoms with Crippen molar-refractivity contribution >= 4 is 29.0 Å². The van der Waals surface area contributed by atoms with Gasteiger partial charge in [0.15, 0.2) is 5.52 Å². The molecular formula is C15H13N5O2. The summed E-state index contributed by atoms with van der Waals surface area (Å²) in [4.78, 5) is 33.1. The molecule has 0 spiro atoms. The fourth-order valence-electron chi connectivity index (χ4n) is 2.05. The van der Waals surface area contributed by atoms with E-state index in [0.717, 1.165) is 12.0 Å². The van der Waals surface area contributed by atoms with Crippen molar-refractivity contribution in [2.45, 2.75) is 6.54 Å². The first-order valence-corrected chi connectivity index (χ1v) is 6.60. The zero-order valence-electron chi connectivity index (χ0n) is 11.5. The van der Waals surface area contributed by atoms with E-state index >= 15 is 0 Å². The maximum atomic E-state index is 11.8. The van der Waals surface area contributed by atoms with Crippen LogP contribution < -0.4 is 16.6 Å². The van der Waals surface area contributed by atoms with Crippen LogP contribution in [0, 0.1) is 0 Å². The molecule has 110 valence electrons. The van der Waals surface area contributed by atoms with E-state index < -0.39 is 0 Å². The highest BCUT2D eigenvalue weighted by molar-refractivity contribution is 5.76. The van der Waals surface area contributed by atoms with Crippen molar-refractivity contribution in [3.05, 3.63) is 58.0 Å². The number of nitrogens with one attached hydrogen (secondary N) is 2. The van der Waals surface area contributed by atoms with Gasteiger partial charge in [-0.05, 0) is 36.4 Å². The monoisotopic (exact) mass is 295 g/mol. The van der Waals surface area contributed by atoms with Crippen molar-refractivity contribution < 1.29 is 4.79 Å². The molecule has 0 aliphatic carbocycles. The second kappa shape index (κ2) is 5.65. The van der Waals surface area contributed by atoms with Gasteiger partial charge in [0, 0.05) is 11.3 Å². The summed E-state index contributed by atoms with van der Waals surface area (Å²) >= 11 is 0. The number of aldehydes is 1. The number of rotatable bonds is 4. The van der Waals surface area contributed by atoms with Gasteiger partial charge in [0.1, 0.15) is 6.29 Å². The predicted octanol–water partition coefficient (Wildman–Crippen LogP) is 1.32. The molecule has 0 saturated carbocycles. The lowest BCUT2D eigenvalue weighted by Gasteiger charge is -2.07. The lowest BCUT2D eigenvalue weighted by Crippen LogP contribution is -2.13. The van der Waals surface area contributed by atoms with E-state index in [9.17, 15) is 9.59 Å². The number of aromatic amines is 1. The Morgan fingerprint density at radius 1 is 1.14 bits per heavy atom. The number of pyridine rings is 1. The number of carbonyl (C=O) groups excluding carboxylic acids is 1. The minimum absolute atomic E-state index is 0.0699. The van der Waals surface area contributed by atoms with E-state index in [0.29, 0.717) is 23.3 Å². The SMILES string of the molecule is Nc1nc2ccc(CNc3ccc(C=O)cc3)nc2c(=O)[nH]1. The maximum absolute atomic E-state index is 11.8. The Hall–Kier alpha value is -3.22. The molecule has 7 heteroatoms. The van der Waals surface area contributed by atoms with Gasteiger partial charge >= 0.3 is 0 Å². The van der Waals surface area contributed by atoms with E-state index in [1.165, 1.54) is 0 Å². The van der Waals surface area contributed by atoms with Crippen molar-refractivity contribution in [3.63, 3.8) is 0 Å². The second-order valence-corrected chi connectivity index (χ2v) is 4.71. The molecule has 0 unspecified atom stereocenters. The standard InChI is InChI=1S/C15H13N5O2/c16-15-19-12-6-5-11(18-13(12)14(22)20-15)7-17-10-3-1-9(8-21)2-4-10/h1-6,8,17H,7H2,(H3,16,19,20,22). The van der Waals surface area contributed by atoms with Crippen molar-refractivity contribution in [2.24, 2.45) is 0 Å². The van der Waals surface area contributed by atoms with Crippen molar-refractivity contribution in [2.75, 3.05) is 11.1 Å². The zero-order chi connectivity index (χ0) is 15.5. The van der Waals surface area contributed by atoms with Crippen LogP contribution in [0.25, 0.3) is 11.0 Å². The van der Waals surface area contributed by atoms with Crippen LogP contribution in [0.4, 0.5) is 11.6 Å². The molecule has 1 aromatic carbocycles. The number of benzene rings is 1. The second-order valence-electron chi connectivity index (χ2n) is 4.71. The molecule has 0 saturated heterocycles. The summed E-state index contributed by atoms with van der Waals surface area (Å²) in [6, 6.07) is 10.5. The molecule has 0 radical (unpaired) electrons. The van der Waals surface area contributed by atoms with Crippen LogP contribution in [0.2, 0.25) is 0 Å². The third-order valence-corrected chi connectivity index (χ3v) is 3.15. The van der Waals surface area contributed by atoms with Crippen LogP contribution in [0.5, 0.6) is 0 Å². The zero-order valence-corrected chi connectivity index (χ0v) is 11.5. The van der Waals surface area contributed by atoms with Gasteiger partial charge in [0.05, 0.1) is 17.8 Å². The highest BCUT2D eigenvalue weighted by Crippen LogP contribution is 2.11. The minimum Gasteiger partial charge on any atom is -0.379 e. The predicted molar refractivity (Wildman–Crippen MR) is 83.7 cm³/mol. The number of carbonyl (C=O) groups is 1. The van der Waals surface area contributed by atoms with Gasteiger partial charge in [0.25, 0.3) is 5.56 Å². The van der Waals surface area contributed by atoms with Crippen molar-refractivity contribution in [3.8, 4) is 0 Å². The molecule has 3 aromatic rings. The molecule has 4 N–H and O–H groups in total. The van der Waals surface area contributed by atoms with Crippen LogP contribution in [0.1, 0.15) is 16.1 Å². The molecule has 3 rings (SSSR count). The lowest BCUT2D eigenvalue weighted by atomic mass is 10.2. The average molecular weight is 295 g/mol. The third kappa shape index (κ3) is 2.78. The molecule has 0 atom stereocenters. The quantitative estimate of drug-likeness (QED) is 0.626. The Kier molecular flexibility index (Phi) is 3.53. The molecule has 0 aliphatic rings. The number of anilines is 2. The van der Waals surface area contributed by atoms with E-state index in [-0.39, 0.29) is 17.0 Å². The fourth-order valence-corrected chi connectivity index (χ4v) is 2.05. The van der Waals surface area contributed by atoms with E-state index in [4.69, 9.17) is 5.73 Å². The smallest absolute Gasteiger partial charge is 0.278 e. The Morgan fingerprint density at radius 3 is 2.64 bits per heavy atom. The average Bonchev–Trinajstić information content (AvgIpc) is 2.53.